The van der Waals surface area contributed by atoms with E-state index in [9.17, 15) is 4.79 Å². The van der Waals surface area contributed by atoms with Crippen LogP contribution in [0.3, 0.4) is 0 Å². The number of amides is 1. The number of hydrogen-bond acceptors (Lipinski definition) is 3. The summed E-state index contributed by atoms with van der Waals surface area (Å²) in [6.45, 7) is 5.53. The predicted octanol–water partition coefficient (Wildman–Crippen LogP) is 3.74. The molecule has 23 heavy (non-hydrogen) atoms. The molecule has 126 valence electrons. The first-order valence-corrected chi connectivity index (χ1v) is 8.95. The number of morpholine rings is 1. The molecule has 1 N–H and O–H groups in total. The smallest absolute Gasteiger partial charge is 0.224 e. The van der Waals surface area contributed by atoms with Gasteiger partial charge >= 0.3 is 0 Å². The van der Waals surface area contributed by atoms with E-state index in [-0.39, 0.29) is 5.91 Å². The fraction of sp³-hybridized carbons (Fsp3) is 0.632. The number of rotatable bonds is 4. The summed E-state index contributed by atoms with van der Waals surface area (Å²) in [5.41, 5.74) is 3.30. The highest BCUT2D eigenvalue weighted by Gasteiger charge is 2.18. The van der Waals surface area contributed by atoms with Crippen molar-refractivity contribution in [2.75, 3.05) is 36.5 Å². The molecule has 1 aliphatic heterocycles. The van der Waals surface area contributed by atoms with Crippen molar-refractivity contribution in [3.63, 3.8) is 0 Å². The van der Waals surface area contributed by atoms with Crippen LogP contribution in [0.1, 0.15) is 44.1 Å². The molecule has 4 heteroatoms. The van der Waals surface area contributed by atoms with E-state index >= 15 is 0 Å². The monoisotopic (exact) mass is 316 g/mol. The van der Waals surface area contributed by atoms with Gasteiger partial charge in [-0.15, -0.1) is 0 Å². The van der Waals surface area contributed by atoms with Gasteiger partial charge < -0.3 is 15.0 Å². The van der Waals surface area contributed by atoms with E-state index in [2.05, 4.69) is 29.3 Å². The van der Waals surface area contributed by atoms with Gasteiger partial charge in [-0.1, -0.05) is 19.3 Å². The lowest BCUT2D eigenvalue weighted by Gasteiger charge is -2.29. The molecule has 0 bridgehead atoms. The molecule has 0 radical (unpaired) electrons. The van der Waals surface area contributed by atoms with Crippen molar-refractivity contribution in [2.24, 2.45) is 5.92 Å². The van der Waals surface area contributed by atoms with Crippen LogP contribution in [0.15, 0.2) is 18.2 Å². The van der Waals surface area contributed by atoms with Gasteiger partial charge in [-0.3, -0.25) is 4.79 Å². The number of nitrogens with one attached hydrogen (secondary N) is 1. The molecule has 1 saturated carbocycles. The van der Waals surface area contributed by atoms with E-state index in [1.165, 1.54) is 37.8 Å². The molecule has 1 aliphatic carbocycles. The summed E-state index contributed by atoms with van der Waals surface area (Å²) in [6.07, 6.45) is 6.99. The minimum Gasteiger partial charge on any atom is -0.378 e. The Morgan fingerprint density at radius 3 is 2.65 bits per heavy atom. The number of ether oxygens (including phenoxy) is 1. The molecule has 1 amide bonds. The van der Waals surface area contributed by atoms with Crippen molar-refractivity contribution in [3.8, 4) is 0 Å². The molecule has 2 fully saturated rings. The van der Waals surface area contributed by atoms with Gasteiger partial charge in [0.15, 0.2) is 0 Å². The molecule has 0 unspecified atom stereocenters. The standard InChI is InChI=1S/C19H28N2O2/c1-15-13-17(21-9-11-23-12-10-21)7-8-18(15)20-19(22)14-16-5-3-2-4-6-16/h7-8,13,16H,2-6,9-12,14H2,1H3,(H,20,22). The molecule has 3 rings (SSSR count). The summed E-state index contributed by atoms with van der Waals surface area (Å²) in [6, 6.07) is 6.31. The van der Waals surface area contributed by atoms with Gasteiger partial charge in [-0.25, -0.2) is 0 Å². The summed E-state index contributed by atoms with van der Waals surface area (Å²) in [5, 5.41) is 3.11. The minimum atomic E-state index is 0.166. The van der Waals surface area contributed by atoms with E-state index in [1.54, 1.807) is 0 Å². The van der Waals surface area contributed by atoms with Crippen LogP contribution in [-0.2, 0) is 9.53 Å². The number of carbonyl (C=O) groups excluding carboxylic acids is 1. The van der Waals surface area contributed by atoms with Crippen LogP contribution in [-0.4, -0.2) is 32.2 Å². The highest BCUT2D eigenvalue weighted by atomic mass is 16.5. The van der Waals surface area contributed by atoms with Gasteiger partial charge in [0.2, 0.25) is 5.91 Å². The Hall–Kier alpha value is -1.55. The molecule has 4 nitrogen and oxygen atoms in total. The lowest BCUT2D eigenvalue weighted by molar-refractivity contribution is -0.117. The second kappa shape index (κ2) is 7.82. The van der Waals surface area contributed by atoms with Gasteiger partial charge in [0.05, 0.1) is 13.2 Å². The molecule has 1 aromatic rings. The fourth-order valence-corrected chi connectivity index (χ4v) is 3.66. The van der Waals surface area contributed by atoms with Crippen LogP contribution < -0.4 is 10.2 Å². The largest absolute Gasteiger partial charge is 0.378 e. The molecule has 0 spiro atoms. The van der Waals surface area contributed by atoms with Gasteiger partial charge in [0, 0.05) is 30.9 Å². The molecule has 1 saturated heterocycles. The molecule has 1 aromatic carbocycles. The van der Waals surface area contributed by atoms with Gasteiger partial charge in [-0.2, -0.15) is 0 Å². The Morgan fingerprint density at radius 1 is 1.22 bits per heavy atom. The van der Waals surface area contributed by atoms with Crippen molar-refractivity contribution in [1.29, 1.82) is 0 Å². The first kappa shape index (κ1) is 16.3. The van der Waals surface area contributed by atoms with Gasteiger partial charge in [0.25, 0.3) is 0 Å². The second-order valence-corrected chi connectivity index (χ2v) is 6.85. The first-order chi connectivity index (χ1) is 11.2. The average Bonchev–Trinajstić information content (AvgIpc) is 2.58. The Kier molecular flexibility index (Phi) is 5.55. The van der Waals surface area contributed by atoms with E-state index in [1.807, 2.05) is 6.07 Å². The Labute approximate surface area is 139 Å². The third kappa shape index (κ3) is 4.47. The van der Waals surface area contributed by atoms with Crippen LogP contribution in [0.2, 0.25) is 0 Å². The summed E-state index contributed by atoms with van der Waals surface area (Å²) in [7, 11) is 0. The van der Waals surface area contributed by atoms with Crippen molar-refractivity contribution in [2.45, 2.75) is 45.4 Å². The fourth-order valence-electron chi connectivity index (χ4n) is 3.66. The topological polar surface area (TPSA) is 41.6 Å². The molecule has 2 aliphatic rings. The van der Waals surface area contributed by atoms with Gasteiger partial charge in [-0.05, 0) is 49.4 Å². The molecular formula is C19H28N2O2. The average molecular weight is 316 g/mol. The first-order valence-electron chi connectivity index (χ1n) is 8.95. The third-order valence-electron chi connectivity index (χ3n) is 5.06. The van der Waals surface area contributed by atoms with Crippen molar-refractivity contribution >= 4 is 17.3 Å². The summed E-state index contributed by atoms with van der Waals surface area (Å²) in [5.74, 6) is 0.746. The number of nitrogens with zero attached hydrogens (tertiary/aromatic N) is 1. The van der Waals surface area contributed by atoms with Crippen molar-refractivity contribution < 1.29 is 9.53 Å². The number of carbonyl (C=O) groups is 1. The SMILES string of the molecule is Cc1cc(N2CCOCC2)ccc1NC(=O)CC1CCCCC1. The zero-order valence-electron chi connectivity index (χ0n) is 14.1. The van der Waals surface area contributed by atoms with Gasteiger partial charge in [0.1, 0.15) is 0 Å². The molecule has 1 heterocycles. The van der Waals surface area contributed by atoms with E-state index in [0.717, 1.165) is 37.6 Å². The second-order valence-electron chi connectivity index (χ2n) is 6.85. The number of hydrogen-bond donors (Lipinski definition) is 1. The maximum Gasteiger partial charge on any atom is 0.224 e. The van der Waals surface area contributed by atoms with Crippen molar-refractivity contribution in [1.82, 2.24) is 0 Å². The van der Waals surface area contributed by atoms with Crippen LogP contribution in [0.4, 0.5) is 11.4 Å². The normalized spacial score (nSPS) is 19.6. The minimum absolute atomic E-state index is 0.166. The number of anilines is 2. The predicted molar refractivity (Wildman–Crippen MR) is 94.0 cm³/mol. The Bertz CT molecular complexity index is 532. The maximum absolute atomic E-state index is 12.3. The maximum atomic E-state index is 12.3. The van der Waals surface area contributed by atoms with Crippen LogP contribution in [0.5, 0.6) is 0 Å². The number of benzene rings is 1. The lowest BCUT2D eigenvalue weighted by Crippen LogP contribution is -2.36. The summed E-state index contributed by atoms with van der Waals surface area (Å²) < 4.78 is 5.40. The molecular weight excluding hydrogens is 288 g/mol. The highest BCUT2D eigenvalue weighted by Crippen LogP contribution is 2.28. The lowest BCUT2D eigenvalue weighted by atomic mass is 9.87. The van der Waals surface area contributed by atoms with E-state index in [4.69, 9.17) is 4.74 Å². The quantitative estimate of drug-likeness (QED) is 0.920. The van der Waals surface area contributed by atoms with Crippen molar-refractivity contribution in [3.05, 3.63) is 23.8 Å². The van der Waals surface area contributed by atoms with E-state index in [0.29, 0.717) is 12.3 Å². The van der Waals surface area contributed by atoms with Crippen LogP contribution in [0, 0.1) is 12.8 Å². The third-order valence-corrected chi connectivity index (χ3v) is 5.06. The zero-order valence-corrected chi connectivity index (χ0v) is 14.1. The van der Waals surface area contributed by atoms with E-state index < -0.39 is 0 Å². The van der Waals surface area contributed by atoms with Crippen LogP contribution >= 0.6 is 0 Å². The highest BCUT2D eigenvalue weighted by molar-refractivity contribution is 5.91. The Morgan fingerprint density at radius 2 is 1.96 bits per heavy atom. The summed E-state index contributed by atoms with van der Waals surface area (Å²) >= 11 is 0. The summed E-state index contributed by atoms with van der Waals surface area (Å²) in [4.78, 5) is 14.6. The zero-order chi connectivity index (χ0) is 16.1. The molecule has 0 atom stereocenters. The molecule has 0 aromatic heterocycles. The van der Waals surface area contributed by atoms with Crippen LogP contribution in [0.25, 0.3) is 0 Å². The number of aryl methyl sites for hydroxylation is 1. The Balaban J connectivity index is 1.58.